The first kappa shape index (κ1) is 14.1. The minimum absolute atomic E-state index is 0.105. The van der Waals surface area contributed by atoms with E-state index in [0.29, 0.717) is 0 Å². The Balaban J connectivity index is 2.44. The molecule has 0 fully saturated rings. The fourth-order valence-electron chi connectivity index (χ4n) is 1.91. The molecular formula is C14H15BrINO. The molecule has 1 unspecified atom stereocenters. The van der Waals surface area contributed by atoms with E-state index in [9.17, 15) is 0 Å². The fraction of sp³-hybridized carbons (Fsp3) is 0.286. The minimum Gasteiger partial charge on any atom is -0.464 e. The van der Waals surface area contributed by atoms with Crippen LogP contribution in [0.4, 0.5) is 0 Å². The van der Waals surface area contributed by atoms with Crippen LogP contribution in [0.15, 0.2) is 39.2 Å². The topological polar surface area (TPSA) is 25.2 Å². The number of halogens is 2. The summed E-state index contributed by atoms with van der Waals surface area (Å²) in [5, 5.41) is 3.48. The molecule has 0 bridgehead atoms. The number of hydrogen-bond donors (Lipinski definition) is 1. The van der Waals surface area contributed by atoms with E-state index in [0.717, 1.165) is 22.5 Å². The quantitative estimate of drug-likeness (QED) is 0.729. The maximum atomic E-state index is 5.77. The van der Waals surface area contributed by atoms with Crippen LogP contribution >= 0.6 is 38.5 Å². The maximum Gasteiger partial charge on any atom is 0.125 e. The Morgan fingerprint density at radius 2 is 2.11 bits per heavy atom. The number of aryl methyl sites for hydroxylation is 1. The molecule has 0 aliphatic carbocycles. The van der Waals surface area contributed by atoms with Crippen molar-refractivity contribution >= 4 is 38.5 Å². The van der Waals surface area contributed by atoms with Gasteiger partial charge in [-0.15, -0.1) is 0 Å². The molecule has 1 atom stereocenters. The highest BCUT2D eigenvalue weighted by atomic mass is 127. The third-order valence-electron chi connectivity index (χ3n) is 2.72. The molecule has 0 radical (unpaired) electrons. The summed E-state index contributed by atoms with van der Waals surface area (Å²) >= 11 is 5.89. The number of benzene rings is 1. The highest BCUT2D eigenvalue weighted by Gasteiger charge is 2.19. The van der Waals surface area contributed by atoms with Crippen molar-refractivity contribution in [2.45, 2.75) is 19.9 Å². The highest BCUT2D eigenvalue weighted by Crippen LogP contribution is 2.29. The second kappa shape index (κ2) is 6.21. The van der Waals surface area contributed by atoms with Gasteiger partial charge in [-0.2, -0.15) is 0 Å². The van der Waals surface area contributed by atoms with Crippen molar-refractivity contribution in [3.05, 3.63) is 55.5 Å². The van der Waals surface area contributed by atoms with Gasteiger partial charge >= 0.3 is 0 Å². The van der Waals surface area contributed by atoms with Crippen molar-refractivity contribution in [1.29, 1.82) is 0 Å². The zero-order valence-electron chi connectivity index (χ0n) is 10.3. The lowest BCUT2D eigenvalue weighted by Crippen LogP contribution is -2.22. The smallest absolute Gasteiger partial charge is 0.125 e. The number of rotatable bonds is 4. The summed E-state index contributed by atoms with van der Waals surface area (Å²) in [6.07, 6.45) is 0. The first-order valence-electron chi connectivity index (χ1n) is 5.86. The standard InChI is InChI=1S/C14H15BrINO/c1-3-17-14(13-7-4-9(2)18-13)11-8-10(15)5-6-12(11)16/h4-8,14,17H,3H2,1-2H3. The Labute approximate surface area is 129 Å². The van der Waals surface area contributed by atoms with E-state index in [1.807, 2.05) is 19.1 Å². The van der Waals surface area contributed by atoms with E-state index >= 15 is 0 Å². The fourth-order valence-corrected chi connectivity index (χ4v) is 2.94. The molecule has 0 saturated heterocycles. The molecule has 1 heterocycles. The summed E-state index contributed by atoms with van der Waals surface area (Å²) in [4.78, 5) is 0. The van der Waals surface area contributed by atoms with Crippen LogP contribution in [-0.4, -0.2) is 6.54 Å². The monoisotopic (exact) mass is 419 g/mol. The molecule has 2 rings (SSSR count). The van der Waals surface area contributed by atoms with Crippen molar-refractivity contribution in [1.82, 2.24) is 5.32 Å². The molecule has 0 aliphatic heterocycles. The molecule has 1 N–H and O–H groups in total. The normalized spacial score (nSPS) is 12.7. The zero-order valence-corrected chi connectivity index (χ0v) is 14.1. The van der Waals surface area contributed by atoms with E-state index in [4.69, 9.17) is 4.42 Å². The molecule has 18 heavy (non-hydrogen) atoms. The number of furan rings is 1. The molecule has 0 saturated carbocycles. The average molecular weight is 420 g/mol. The number of nitrogens with one attached hydrogen (secondary N) is 1. The second-order valence-electron chi connectivity index (χ2n) is 4.10. The van der Waals surface area contributed by atoms with Crippen molar-refractivity contribution < 1.29 is 4.42 Å². The van der Waals surface area contributed by atoms with Gasteiger partial charge in [-0.1, -0.05) is 22.9 Å². The minimum atomic E-state index is 0.105. The predicted octanol–water partition coefficient (Wildman–Crippen LogP) is 4.65. The SMILES string of the molecule is CCNC(c1ccc(C)o1)c1cc(Br)ccc1I. The van der Waals surface area contributed by atoms with Crippen LogP contribution in [0.1, 0.15) is 30.0 Å². The molecular weight excluding hydrogens is 405 g/mol. The van der Waals surface area contributed by atoms with E-state index in [1.165, 1.54) is 9.13 Å². The second-order valence-corrected chi connectivity index (χ2v) is 6.18. The van der Waals surface area contributed by atoms with Gasteiger partial charge in [0.1, 0.15) is 11.5 Å². The van der Waals surface area contributed by atoms with Crippen LogP contribution in [0.2, 0.25) is 0 Å². The van der Waals surface area contributed by atoms with Crippen molar-refractivity contribution in [3.63, 3.8) is 0 Å². The van der Waals surface area contributed by atoms with Gasteiger partial charge in [0.2, 0.25) is 0 Å². The molecule has 0 amide bonds. The lowest BCUT2D eigenvalue weighted by molar-refractivity contribution is 0.434. The Morgan fingerprint density at radius 3 is 2.72 bits per heavy atom. The van der Waals surface area contributed by atoms with Gasteiger partial charge in [-0.25, -0.2) is 0 Å². The summed E-state index contributed by atoms with van der Waals surface area (Å²) in [7, 11) is 0. The Kier molecular flexibility index (Phi) is 4.86. The van der Waals surface area contributed by atoms with Crippen LogP contribution in [-0.2, 0) is 0 Å². The molecule has 2 aromatic rings. The predicted molar refractivity (Wildman–Crippen MR) is 85.8 cm³/mol. The lowest BCUT2D eigenvalue weighted by Gasteiger charge is -2.18. The van der Waals surface area contributed by atoms with Gasteiger partial charge in [-0.05, 0) is 72.0 Å². The summed E-state index contributed by atoms with van der Waals surface area (Å²) in [5.41, 5.74) is 1.24. The summed E-state index contributed by atoms with van der Waals surface area (Å²) in [6, 6.07) is 10.5. The van der Waals surface area contributed by atoms with Crippen LogP contribution in [0.5, 0.6) is 0 Å². The Morgan fingerprint density at radius 1 is 1.33 bits per heavy atom. The van der Waals surface area contributed by atoms with E-state index < -0.39 is 0 Å². The first-order valence-corrected chi connectivity index (χ1v) is 7.73. The molecule has 1 aromatic carbocycles. The Hall–Kier alpha value is -0.330. The van der Waals surface area contributed by atoms with Crippen LogP contribution in [0, 0.1) is 10.5 Å². The summed E-state index contributed by atoms with van der Waals surface area (Å²) < 4.78 is 8.09. The van der Waals surface area contributed by atoms with Gasteiger partial charge < -0.3 is 9.73 Å². The third kappa shape index (κ3) is 3.16. The Bertz CT molecular complexity index is 538. The van der Waals surface area contributed by atoms with Crippen LogP contribution in [0.25, 0.3) is 0 Å². The molecule has 0 aliphatic rings. The van der Waals surface area contributed by atoms with Crippen molar-refractivity contribution in [2.24, 2.45) is 0 Å². The van der Waals surface area contributed by atoms with Gasteiger partial charge in [0.25, 0.3) is 0 Å². The third-order valence-corrected chi connectivity index (χ3v) is 4.20. The van der Waals surface area contributed by atoms with Gasteiger partial charge in [-0.3, -0.25) is 0 Å². The summed E-state index contributed by atoms with van der Waals surface area (Å²) in [5.74, 6) is 1.91. The first-order chi connectivity index (χ1) is 8.61. The lowest BCUT2D eigenvalue weighted by atomic mass is 10.0. The van der Waals surface area contributed by atoms with Crippen molar-refractivity contribution in [3.8, 4) is 0 Å². The zero-order chi connectivity index (χ0) is 13.1. The van der Waals surface area contributed by atoms with Gasteiger partial charge in [0, 0.05) is 8.04 Å². The molecule has 96 valence electrons. The van der Waals surface area contributed by atoms with Crippen molar-refractivity contribution in [2.75, 3.05) is 6.54 Å². The highest BCUT2D eigenvalue weighted by molar-refractivity contribution is 14.1. The van der Waals surface area contributed by atoms with Gasteiger partial charge in [0.05, 0.1) is 6.04 Å². The van der Waals surface area contributed by atoms with Crippen LogP contribution < -0.4 is 5.32 Å². The van der Waals surface area contributed by atoms with E-state index in [-0.39, 0.29) is 6.04 Å². The molecule has 2 nitrogen and oxygen atoms in total. The van der Waals surface area contributed by atoms with Crippen LogP contribution in [0.3, 0.4) is 0 Å². The van der Waals surface area contributed by atoms with Gasteiger partial charge in [0.15, 0.2) is 0 Å². The molecule has 0 spiro atoms. The molecule has 4 heteroatoms. The maximum absolute atomic E-state index is 5.77. The average Bonchev–Trinajstić information content (AvgIpc) is 2.76. The summed E-state index contributed by atoms with van der Waals surface area (Å²) in [6.45, 7) is 4.97. The van der Waals surface area contributed by atoms with E-state index in [1.54, 1.807) is 0 Å². The largest absolute Gasteiger partial charge is 0.464 e. The molecule has 1 aromatic heterocycles. The number of hydrogen-bond acceptors (Lipinski definition) is 2. The van der Waals surface area contributed by atoms with E-state index in [2.05, 4.69) is 69.0 Å².